The maximum atomic E-state index is 13.2. The van der Waals surface area contributed by atoms with E-state index < -0.39 is 0 Å². The first-order valence-corrected chi connectivity index (χ1v) is 9.59. The molecule has 0 bridgehead atoms. The van der Waals surface area contributed by atoms with Gasteiger partial charge in [0.2, 0.25) is 0 Å². The van der Waals surface area contributed by atoms with Crippen molar-refractivity contribution < 1.29 is 4.74 Å². The van der Waals surface area contributed by atoms with Crippen LogP contribution in [-0.4, -0.2) is 13.7 Å². The second kappa shape index (κ2) is 6.12. The molecule has 5 rings (SSSR count). The van der Waals surface area contributed by atoms with Gasteiger partial charge in [0.1, 0.15) is 12.4 Å². The molecular formula is C22H18ClN3O3. The molecule has 0 aliphatic carbocycles. The minimum atomic E-state index is -0.372. The number of ether oxygens (including phenoxy) is 1. The number of hydrogen-bond acceptors (Lipinski definition) is 3. The fourth-order valence-corrected chi connectivity index (χ4v) is 4.23. The third-order valence-corrected chi connectivity index (χ3v) is 5.75. The molecule has 4 aromatic rings. The molecule has 29 heavy (non-hydrogen) atoms. The lowest BCUT2D eigenvalue weighted by Crippen LogP contribution is -2.37. The van der Waals surface area contributed by atoms with E-state index in [1.54, 1.807) is 13.1 Å². The van der Waals surface area contributed by atoms with Crippen molar-refractivity contribution in [1.82, 2.24) is 13.7 Å². The highest BCUT2D eigenvalue weighted by atomic mass is 35.5. The highest BCUT2D eigenvalue weighted by Gasteiger charge is 2.29. The van der Waals surface area contributed by atoms with E-state index >= 15 is 0 Å². The topological polar surface area (TPSA) is 58.2 Å². The lowest BCUT2D eigenvalue weighted by molar-refractivity contribution is 0.286. The summed E-state index contributed by atoms with van der Waals surface area (Å²) in [5.41, 5.74) is 4.12. The molecule has 1 aliphatic heterocycles. The number of rotatable bonds is 1. The number of hydrogen-bond donors (Lipinski definition) is 0. The highest BCUT2D eigenvalue weighted by molar-refractivity contribution is 6.30. The smallest absolute Gasteiger partial charge is 0.331 e. The Bertz CT molecular complexity index is 1430. The Kier molecular flexibility index (Phi) is 3.76. The van der Waals surface area contributed by atoms with Crippen molar-refractivity contribution in [2.75, 3.05) is 0 Å². The lowest BCUT2D eigenvalue weighted by atomic mass is 10.1. The van der Waals surface area contributed by atoms with Gasteiger partial charge in [-0.15, -0.1) is 0 Å². The standard InChI is InChI=1S/C22H18ClN3O3/c1-12-4-6-13(7-5-12)19-18-20(24(2)22(28)25(3)21(18)27)16-11-29-17-9-8-14(23)10-15(17)26(16)19/h4-10H,11H2,1-3H3. The third-order valence-electron chi connectivity index (χ3n) is 5.52. The van der Waals surface area contributed by atoms with E-state index in [1.807, 2.05) is 47.9 Å². The van der Waals surface area contributed by atoms with Crippen LogP contribution in [0.25, 0.3) is 27.8 Å². The maximum Gasteiger partial charge on any atom is 0.331 e. The van der Waals surface area contributed by atoms with E-state index in [-0.39, 0.29) is 17.9 Å². The molecule has 7 heteroatoms. The number of halogens is 1. The Hall–Kier alpha value is -3.25. The van der Waals surface area contributed by atoms with E-state index in [0.717, 1.165) is 32.8 Å². The zero-order valence-electron chi connectivity index (χ0n) is 16.2. The molecule has 2 aromatic carbocycles. The zero-order valence-corrected chi connectivity index (χ0v) is 16.9. The first kappa shape index (κ1) is 17.8. The normalized spacial score (nSPS) is 12.6. The van der Waals surface area contributed by atoms with Crippen molar-refractivity contribution >= 4 is 22.5 Å². The van der Waals surface area contributed by atoms with Gasteiger partial charge < -0.3 is 9.30 Å². The minimum Gasteiger partial charge on any atom is -0.485 e. The Morgan fingerprint density at radius 1 is 1.00 bits per heavy atom. The molecule has 0 amide bonds. The van der Waals surface area contributed by atoms with Crippen LogP contribution in [0.2, 0.25) is 5.02 Å². The van der Waals surface area contributed by atoms with Gasteiger partial charge in [0.15, 0.2) is 0 Å². The summed E-state index contributed by atoms with van der Waals surface area (Å²) in [6.45, 7) is 2.26. The minimum absolute atomic E-state index is 0.247. The summed E-state index contributed by atoms with van der Waals surface area (Å²) in [5.74, 6) is 0.678. The fraction of sp³-hybridized carbons (Fsp3) is 0.182. The molecule has 0 N–H and O–H groups in total. The van der Waals surface area contributed by atoms with Crippen molar-refractivity contribution in [2.24, 2.45) is 14.1 Å². The van der Waals surface area contributed by atoms with Crippen LogP contribution in [0.3, 0.4) is 0 Å². The van der Waals surface area contributed by atoms with Crippen LogP contribution >= 0.6 is 11.6 Å². The van der Waals surface area contributed by atoms with Gasteiger partial charge in [-0.1, -0.05) is 41.4 Å². The molecular weight excluding hydrogens is 390 g/mol. The molecule has 0 radical (unpaired) electrons. The number of aromatic nitrogens is 3. The van der Waals surface area contributed by atoms with Crippen LogP contribution < -0.4 is 16.0 Å². The summed E-state index contributed by atoms with van der Waals surface area (Å²) in [6.07, 6.45) is 0. The van der Waals surface area contributed by atoms with Crippen molar-refractivity contribution in [3.8, 4) is 22.7 Å². The summed E-state index contributed by atoms with van der Waals surface area (Å²) in [4.78, 5) is 25.9. The van der Waals surface area contributed by atoms with Crippen LogP contribution in [0.1, 0.15) is 11.3 Å². The largest absolute Gasteiger partial charge is 0.485 e. The van der Waals surface area contributed by atoms with E-state index in [9.17, 15) is 9.59 Å². The van der Waals surface area contributed by atoms with Gasteiger partial charge >= 0.3 is 5.69 Å². The monoisotopic (exact) mass is 407 g/mol. The van der Waals surface area contributed by atoms with Crippen LogP contribution in [0.5, 0.6) is 5.75 Å². The SMILES string of the molecule is Cc1ccc(-c2c3c(=O)n(C)c(=O)n(C)c3c3n2-c2cc(Cl)ccc2OC3)cc1. The molecule has 1 aliphatic rings. The van der Waals surface area contributed by atoms with Crippen molar-refractivity contribution in [2.45, 2.75) is 13.5 Å². The van der Waals surface area contributed by atoms with Crippen LogP contribution in [-0.2, 0) is 20.7 Å². The van der Waals surface area contributed by atoms with Gasteiger partial charge in [-0.2, -0.15) is 0 Å². The van der Waals surface area contributed by atoms with E-state index in [0.29, 0.717) is 21.7 Å². The molecule has 146 valence electrons. The molecule has 0 spiro atoms. The molecule has 0 saturated carbocycles. The summed E-state index contributed by atoms with van der Waals surface area (Å²) in [7, 11) is 3.18. The number of aryl methyl sites for hydroxylation is 2. The summed E-state index contributed by atoms with van der Waals surface area (Å²) < 4.78 is 10.6. The third kappa shape index (κ3) is 2.42. The maximum absolute atomic E-state index is 13.2. The first-order chi connectivity index (χ1) is 13.9. The molecule has 0 saturated heterocycles. The molecule has 3 heterocycles. The predicted molar refractivity (Wildman–Crippen MR) is 113 cm³/mol. The van der Waals surface area contributed by atoms with Gasteiger partial charge in [0, 0.05) is 19.1 Å². The zero-order chi connectivity index (χ0) is 20.4. The Labute approximate surface area is 171 Å². The number of nitrogens with zero attached hydrogens (tertiary/aromatic N) is 3. The predicted octanol–water partition coefficient (Wildman–Crippen LogP) is 3.55. The number of fused-ring (bicyclic) bond motifs is 5. The van der Waals surface area contributed by atoms with Crippen molar-refractivity contribution in [3.05, 3.63) is 79.6 Å². The quantitative estimate of drug-likeness (QED) is 0.485. The van der Waals surface area contributed by atoms with Crippen molar-refractivity contribution in [1.29, 1.82) is 0 Å². The van der Waals surface area contributed by atoms with Gasteiger partial charge in [-0.25, -0.2) is 4.79 Å². The van der Waals surface area contributed by atoms with Gasteiger partial charge in [0.25, 0.3) is 5.56 Å². The highest BCUT2D eigenvalue weighted by Crippen LogP contribution is 2.41. The van der Waals surface area contributed by atoms with Gasteiger partial charge in [0.05, 0.1) is 28.0 Å². The van der Waals surface area contributed by atoms with Crippen LogP contribution in [0, 0.1) is 6.92 Å². The molecule has 0 unspecified atom stereocenters. The molecule has 0 atom stereocenters. The van der Waals surface area contributed by atoms with Gasteiger partial charge in [-0.05, 0) is 30.7 Å². The fourth-order valence-electron chi connectivity index (χ4n) is 4.07. The Balaban J connectivity index is 2.05. The Morgan fingerprint density at radius 2 is 1.72 bits per heavy atom. The second-order valence-electron chi connectivity index (χ2n) is 7.33. The number of benzene rings is 2. The van der Waals surface area contributed by atoms with Crippen LogP contribution in [0.15, 0.2) is 52.1 Å². The average Bonchev–Trinajstić information content (AvgIpc) is 3.07. The second-order valence-corrected chi connectivity index (χ2v) is 7.76. The van der Waals surface area contributed by atoms with Crippen LogP contribution in [0.4, 0.5) is 0 Å². The Morgan fingerprint density at radius 3 is 2.45 bits per heavy atom. The lowest BCUT2D eigenvalue weighted by Gasteiger charge is -2.23. The van der Waals surface area contributed by atoms with E-state index in [2.05, 4.69) is 0 Å². The molecule has 0 fully saturated rings. The summed E-state index contributed by atoms with van der Waals surface area (Å²) in [6, 6.07) is 13.4. The average molecular weight is 408 g/mol. The van der Waals surface area contributed by atoms with Crippen molar-refractivity contribution in [3.63, 3.8) is 0 Å². The van der Waals surface area contributed by atoms with E-state index in [4.69, 9.17) is 16.3 Å². The molecule has 2 aromatic heterocycles. The van der Waals surface area contributed by atoms with E-state index in [1.165, 1.54) is 11.6 Å². The molecule has 6 nitrogen and oxygen atoms in total. The van der Waals surface area contributed by atoms with Gasteiger partial charge in [-0.3, -0.25) is 13.9 Å². The summed E-state index contributed by atoms with van der Waals surface area (Å²) >= 11 is 6.28. The first-order valence-electron chi connectivity index (χ1n) is 9.21. The summed E-state index contributed by atoms with van der Waals surface area (Å²) in [5, 5.41) is 1.06.